The smallest absolute Gasteiger partial charge is 0.341 e. The van der Waals surface area contributed by atoms with Crippen LogP contribution in [0.2, 0.25) is 0 Å². The van der Waals surface area contributed by atoms with Crippen LogP contribution in [0.25, 0.3) is 0 Å². The first-order chi connectivity index (χ1) is 16.7. The van der Waals surface area contributed by atoms with Crippen molar-refractivity contribution in [3.8, 4) is 0 Å². The second-order valence-electron chi connectivity index (χ2n) is 9.68. The maximum atomic E-state index is 13.1. The lowest BCUT2D eigenvalue weighted by Crippen LogP contribution is -2.35. The molecule has 3 heterocycles. The molecule has 1 fully saturated rings. The molecular formula is C26H26F3N5O. The van der Waals surface area contributed by atoms with Crippen LogP contribution in [0.5, 0.6) is 0 Å². The summed E-state index contributed by atoms with van der Waals surface area (Å²) in [7, 11) is 0. The van der Waals surface area contributed by atoms with Crippen molar-refractivity contribution in [2.45, 2.75) is 57.5 Å². The summed E-state index contributed by atoms with van der Waals surface area (Å²) in [5.41, 5.74) is 2.79. The van der Waals surface area contributed by atoms with Crippen molar-refractivity contribution in [1.82, 2.24) is 25.2 Å². The molecule has 6 nitrogen and oxygen atoms in total. The molecule has 1 amide bonds. The van der Waals surface area contributed by atoms with Crippen molar-refractivity contribution in [1.29, 1.82) is 0 Å². The quantitative estimate of drug-likeness (QED) is 0.535. The highest BCUT2D eigenvalue weighted by molar-refractivity contribution is 5.95. The molecular weight excluding hydrogens is 455 g/mol. The van der Waals surface area contributed by atoms with E-state index in [2.05, 4.69) is 39.0 Å². The summed E-state index contributed by atoms with van der Waals surface area (Å²) in [4.78, 5) is 28.4. The monoisotopic (exact) mass is 481 g/mol. The van der Waals surface area contributed by atoms with Crippen LogP contribution in [0.4, 0.5) is 13.2 Å². The van der Waals surface area contributed by atoms with Crippen molar-refractivity contribution in [2.24, 2.45) is 5.92 Å². The van der Waals surface area contributed by atoms with Crippen LogP contribution < -0.4 is 5.32 Å². The molecule has 182 valence electrons. The maximum absolute atomic E-state index is 13.1. The van der Waals surface area contributed by atoms with Gasteiger partial charge in [-0.1, -0.05) is 26.0 Å². The van der Waals surface area contributed by atoms with Gasteiger partial charge < -0.3 is 5.32 Å². The number of carbonyl (C=O) groups is 1. The lowest BCUT2D eigenvalue weighted by Gasteiger charge is -2.27. The summed E-state index contributed by atoms with van der Waals surface area (Å²) >= 11 is 0. The highest BCUT2D eigenvalue weighted by Crippen LogP contribution is 2.44. The van der Waals surface area contributed by atoms with Crippen molar-refractivity contribution in [3.63, 3.8) is 0 Å². The Hall–Kier alpha value is -3.33. The second kappa shape index (κ2) is 8.71. The molecule has 0 bridgehead atoms. The molecule has 2 aliphatic rings. The summed E-state index contributed by atoms with van der Waals surface area (Å²) in [6.07, 6.45) is 3.79. The molecule has 1 aromatic carbocycles. The fraction of sp³-hybridized carbons (Fsp3) is 0.385. The Labute approximate surface area is 201 Å². The highest BCUT2D eigenvalue weighted by Gasteiger charge is 2.47. The van der Waals surface area contributed by atoms with Crippen molar-refractivity contribution < 1.29 is 18.0 Å². The van der Waals surface area contributed by atoms with Crippen LogP contribution in [0.1, 0.15) is 71.2 Å². The number of aromatic nitrogens is 3. The summed E-state index contributed by atoms with van der Waals surface area (Å²) in [6, 6.07) is 7.18. The van der Waals surface area contributed by atoms with Crippen molar-refractivity contribution >= 4 is 5.91 Å². The summed E-state index contributed by atoms with van der Waals surface area (Å²) in [5.74, 6) is 0.0370. The van der Waals surface area contributed by atoms with E-state index in [9.17, 15) is 18.0 Å². The molecule has 5 rings (SSSR count). The van der Waals surface area contributed by atoms with E-state index in [1.807, 2.05) is 6.07 Å². The Morgan fingerprint density at radius 3 is 2.49 bits per heavy atom. The molecule has 2 aromatic heterocycles. The van der Waals surface area contributed by atoms with Crippen LogP contribution in [-0.4, -0.2) is 25.8 Å². The number of pyridine rings is 1. The zero-order valence-electron chi connectivity index (χ0n) is 19.5. The van der Waals surface area contributed by atoms with Crippen LogP contribution >= 0.6 is 0 Å². The minimum atomic E-state index is -4.35. The molecule has 3 aromatic rings. The normalized spacial score (nSPS) is 19.0. The van der Waals surface area contributed by atoms with E-state index >= 15 is 0 Å². The van der Waals surface area contributed by atoms with Gasteiger partial charge in [0.1, 0.15) is 0 Å². The number of fused-ring (bicyclic) bond motifs is 1. The lowest BCUT2D eigenvalue weighted by molar-refractivity contribution is -0.137. The first kappa shape index (κ1) is 23.4. The average molecular weight is 482 g/mol. The number of carbonyl (C=O) groups excluding carboxylic acids is 1. The fourth-order valence-electron chi connectivity index (χ4n) is 4.86. The topological polar surface area (TPSA) is 71.0 Å². The molecule has 0 spiro atoms. The Morgan fingerprint density at radius 2 is 1.89 bits per heavy atom. The Bertz CT molecular complexity index is 1220. The van der Waals surface area contributed by atoms with E-state index in [0.717, 1.165) is 47.5 Å². The number of halogens is 3. The molecule has 9 heteroatoms. The minimum absolute atomic E-state index is 0.0128. The van der Waals surface area contributed by atoms with Gasteiger partial charge in [-0.2, -0.15) is 13.2 Å². The molecule has 1 aliphatic carbocycles. The molecule has 1 saturated carbocycles. The summed E-state index contributed by atoms with van der Waals surface area (Å²) < 4.78 is 38.8. The van der Waals surface area contributed by atoms with Crippen LogP contribution in [0.15, 0.2) is 55.1 Å². The summed E-state index contributed by atoms with van der Waals surface area (Å²) in [6.45, 7) is 5.26. The zero-order chi connectivity index (χ0) is 24.8. The molecule has 0 unspecified atom stereocenters. The third kappa shape index (κ3) is 4.65. The second-order valence-corrected chi connectivity index (χ2v) is 9.68. The van der Waals surface area contributed by atoms with E-state index in [1.165, 1.54) is 12.1 Å². The van der Waals surface area contributed by atoms with Crippen molar-refractivity contribution in [2.75, 3.05) is 0 Å². The van der Waals surface area contributed by atoms with E-state index in [-0.39, 0.29) is 17.9 Å². The zero-order valence-corrected chi connectivity index (χ0v) is 19.5. The number of hydrogen-bond acceptors (Lipinski definition) is 5. The van der Waals surface area contributed by atoms with Crippen molar-refractivity contribution in [3.05, 3.63) is 88.8 Å². The fourth-order valence-corrected chi connectivity index (χ4v) is 4.86. The van der Waals surface area contributed by atoms with Gasteiger partial charge in [-0.15, -0.1) is 0 Å². The van der Waals surface area contributed by atoms with E-state index in [1.54, 1.807) is 24.8 Å². The van der Waals surface area contributed by atoms with Crippen LogP contribution in [0, 0.1) is 5.92 Å². The van der Waals surface area contributed by atoms with Gasteiger partial charge in [0.15, 0.2) is 0 Å². The van der Waals surface area contributed by atoms with Gasteiger partial charge in [-0.3, -0.25) is 24.6 Å². The first-order valence-electron chi connectivity index (χ1n) is 11.6. The molecule has 0 saturated heterocycles. The Morgan fingerprint density at radius 1 is 1.14 bits per heavy atom. The van der Waals surface area contributed by atoms with E-state index in [4.69, 9.17) is 0 Å². The first-order valence-corrected chi connectivity index (χ1v) is 11.6. The standard InChI is InChI=1S/C26H26F3N5O/c1-16(2)23-22-19(15-34(23)14-17-3-5-20(6-4-17)26(27,28)29)11-18(12-32-22)24(35)33-25(7-8-25)21-13-30-9-10-31-21/h3-6,9-13,16,23H,7-8,14-15H2,1-2H3,(H,33,35)/t23-/m0/s1. The third-order valence-electron chi connectivity index (χ3n) is 6.77. The van der Waals surface area contributed by atoms with Gasteiger partial charge in [-0.25, -0.2) is 0 Å². The Kier molecular flexibility index (Phi) is 5.83. The number of rotatable bonds is 6. The van der Waals surface area contributed by atoms with Gasteiger partial charge in [0.2, 0.25) is 0 Å². The predicted octanol–water partition coefficient (Wildman–Crippen LogP) is 5.02. The molecule has 1 atom stereocenters. The number of alkyl halides is 3. The largest absolute Gasteiger partial charge is 0.416 e. The predicted molar refractivity (Wildman–Crippen MR) is 123 cm³/mol. The van der Waals surface area contributed by atoms with Crippen LogP contribution in [0.3, 0.4) is 0 Å². The van der Waals surface area contributed by atoms with Gasteiger partial charge >= 0.3 is 6.18 Å². The van der Waals surface area contributed by atoms with E-state index < -0.39 is 17.3 Å². The molecule has 0 radical (unpaired) electrons. The SMILES string of the molecule is CC(C)[C@H]1c2ncc(C(=O)NC3(c4cnccn4)CC3)cc2CN1Cc1ccc(C(F)(F)F)cc1. The van der Waals surface area contributed by atoms with Gasteiger partial charge in [0, 0.05) is 31.7 Å². The summed E-state index contributed by atoms with van der Waals surface area (Å²) in [5, 5.41) is 3.11. The lowest BCUT2D eigenvalue weighted by atomic mass is 9.99. The Balaban J connectivity index is 1.33. The molecule has 1 aliphatic heterocycles. The molecule has 1 N–H and O–H groups in total. The third-order valence-corrected chi connectivity index (χ3v) is 6.77. The minimum Gasteiger partial charge on any atom is -0.341 e. The number of nitrogens with one attached hydrogen (secondary N) is 1. The van der Waals surface area contributed by atoms with Gasteiger partial charge in [0.25, 0.3) is 5.91 Å². The number of nitrogens with zero attached hydrogens (tertiary/aromatic N) is 4. The highest BCUT2D eigenvalue weighted by atomic mass is 19.4. The average Bonchev–Trinajstić information content (AvgIpc) is 3.51. The van der Waals surface area contributed by atoms with E-state index in [0.29, 0.717) is 18.7 Å². The number of hydrogen-bond donors (Lipinski definition) is 1. The van der Waals surface area contributed by atoms with Crippen LogP contribution in [-0.2, 0) is 24.8 Å². The van der Waals surface area contributed by atoms with Gasteiger partial charge in [0.05, 0.1) is 40.3 Å². The maximum Gasteiger partial charge on any atom is 0.416 e. The number of amides is 1. The van der Waals surface area contributed by atoms with Gasteiger partial charge in [-0.05, 0) is 48.1 Å². The number of benzene rings is 1. The molecule has 35 heavy (non-hydrogen) atoms.